The number of carbonyl (C=O) groups is 3. The molecule has 1 atom stereocenters. The highest BCUT2D eigenvalue weighted by Gasteiger charge is 2.32. The lowest BCUT2D eigenvalue weighted by atomic mass is 10.0. The Balaban J connectivity index is 1.33. The van der Waals surface area contributed by atoms with Gasteiger partial charge >= 0.3 is 0 Å². The molecule has 2 aliphatic heterocycles. The molecule has 2 aromatic carbocycles. The maximum Gasteiger partial charge on any atom is 0.261 e. The first kappa shape index (κ1) is 21.8. The third kappa shape index (κ3) is 4.41. The Labute approximate surface area is 196 Å². The molecule has 2 saturated heterocycles. The molecule has 9 heteroatoms. The van der Waals surface area contributed by atoms with Crippen molar-refractivity contribution < 1.29 is 19.1 Å². The molecule has 174 valence electrons. The van der Waals surface area contributed by atoms with Crippen LogP contribution in [0.1, 0.15) is 44.0 Å². The van der Waals surface area contributed by atoms with Crippen molar-refractivity contribution in [2.45, 2.75) is 38.1 Å². The molecular formula is C25H25N5O4. The molecule has 34 heavy (non-hydrogen) atoms. The molecule has 2 aliphatic rings. The molecule has 9 nitrogen and oxygen atoms in total. The van der Waals surface area contributed by atoms with E-state index in [0.29, 0.717) is 35.2 Å². The van der Waals surface area contributed by atoms with Crippen molar-refractivity contribution in [3.8, 4) is 17.1 Å². The third-order valence-corrected chi connectivity index (χ3v) is 6.16. The average molecular weight is 460 g/mol. The predicted molar refractivity (Wildman–Crippen MR) is 124 cm³/mol. The third-order valence-electron chi connectivity index (χ3n) is 6.16. The van der Waals surface area contributed by atoms with Crippen molar-refractivity contribution in [1.82, 2.24) is 20.1 Å². The summed E-state index contributed by atoms with van der Waals surface area (Å²) in [6.07, 6.45) is 3.15. The lowest BCUT2D eigenvalue weighted by Crippen LogP contribution is -2.41. The Morgan fingerprint density at radius 2 is 1.82 bits per heavy atom. The van der Waals surface area contributed by atoms with E-state index in [1.165, 1.54) is 4.90 Å². The molecule has 1 N–H and O–H groups in total. The fourth-order valence-corrected chi connectivity index (χ4v) is 4.46. The van der Waals surface area contributed by atoms with Gasteiger partial charge in [-0.1, -0.05) is 30.3 Å². The lowest BCUT2D eigenvalue weighted by Gasteiger charge is -2.34. The van der Waals surface area contributed by atoms with Crippen molar-refractivity contribution in [3.05, 3.63) is 60.4 Å². The number of aromatic nitrogens is 3. The standard InChI is InChI=1S/C25H25N5O4/c31-21-12-13-22(32)30(21)18-8-6-7-17(15-18)24-26-25(28-27-24)20-11-4-5-14-29(20)23(33)16-34-19-9-2-1-3-10-19/h1-3,6-10,15,20H,4-5,11-14,16H2,(H,26,27,28). The van der Waals surface area contributed by atoms with Crippen molar-refractivity contribution >= 4 is 23.4 Å². The fraction of sp³-hybridized carbons (Fsp3) is 0.320. The summed E-state index contributed by atoms with van der Waals surface area (Å²) < 4.78 is 5.66. The zero-order chi connectivity index (χ0) is 23.5. The van der Waals surface area contributed by atoms with Gasteiger partial charge in [0.05, 0.1) is 11.7 Å². The van der Waals surface area contributed by atoms with Crippen molar-refractivity contribution in [2.24, 2.45) is 0 Å². The number of imide groups is 1. The summed E-state index contributed by atoms with van der Waals surface area (Å²) in [5.74, 6) is 1.22. The fourth-order valence-electron chi connectivity index (χ4n) is 4.46. The van der Waals surface area contributed by atoms with E-state index in [9.17, 15) is 14.4 Å². The van der Waals surface area contributed by atoms with Crippen molar-refractivity contribution in [2.75, 3.05) is 18.1 Å². The largest absolute Gasteiger partial charge is 0.484 e. The zero-order valence-corrected chi connectivity index (χ0v) is 18.6. The summed E-state index contributed by atoms with van der Waals surface area (Å²) in [6.45, 7) is 0.591. The summed E-state index contributed by atoms with van der Waals surface area (Å²) in [6, 6.07) is 16.1. The Kier molecular flexibility index (Phi) is 6.07. The number of H-pyrrole nitrogens is 1. The number of likely N-dealkylation sites (tertiary alicyclic amines) is 1. The second-order valence-corrected chi connectivity index (χ2v) is 8.42. The van der Waals surface area contributed by atoms with Crippen LogP contribution >= 0.6 is 0 Å². The first-order valence-corrected chi connectivity index (χ1v) is 11.5. The Hall–Kier alpha value is -4.01. The first-order valence-electron chi connectivity index (χ1n) is 11.5. The number of ether oxygens (including phenoxy) is 1. The van der Waals surface area contributed by atoms with E-state index < -0.39 is 0 Å². The molecule has 5 rings (SSSR count). The molecule has 0 bridgehead atoms. The molecule has 2 fully saturated rings. The summed E-state index contributed by atoms with van der Waals surface area (Å²) in [5, 5.41) is 7.36. The summed E-state index contributed by atoms with van der Waals surface area (Å²) in [4.78, 5) is 44.9. The molecule has 0 aliphatic carbocycles. The van der Waals surface area contributed by atoms with Crippen LogP contribution in [-0.4, -0.2) is 51.0 Å². The number of anilines is 1. The highest BCUT2D eigenvalue weighted by molar-refractivity contribution is 6.19. The van der Waals surface area contributed by atoms with E-state index >= 15 is 0 Å². The zero-order valence-electron chi connectivity index (χ0n) is 18.6. The van der Waals surface area contributed by atoms with Crippen LogP contribution in [0.25, 0.3) is 11.4 Å². The molecular weight excluding hydrogens is 434 g/mol. The van der Waals surface area contributed by atoms with Gasteiger partial charge in [0.15, 0.2) is 12.4 Å². The normalized spacial score (nSPS) is 18.4. The van der Waals surface area contributed by atoms with Crippen LogP contribution < -0.4 is 9.64 Å². The molecule has 0 spiro atoms. The number of nitrogens with one attached hydrogen (secondary N) is 1. The summed E-state index contributed by atoms with van der Waals surface area (Å²) in [5.41, 5.74) is 1.21. The monoisotopic (exact) mass is 459 g/mol. The van der Waals surface area contributed by atoms with E-state index in [1.807, 2.05) is 36.4 Å². The van der Waals surface area contributed by atoms with Crippen LogP contribution in [0.3, 0.4) is 0 Å². The first-order chi connectivity index (χ1) is 16.6. The molecule has 0 saturated carbocycles. The molecule has 1 unspecified atom stereocenters. The number of carbonyl (C=O) groups excluding carboxylic acids is 3. The Morgan fingerprint density at radius 3 is 2.62 bits per heavy atom. The molecule has 3 amide bonds. The number of rotatable bonds is 6. The average Bonchev–Trinajstić information content (AvgIpc) is 3.50. The maximum absolute atomic E-state index is 13.0. The highest BCUT2D eigenvalue weighted by Crippen LogP contribution is 2.31. The van der Waals surface area contributed by atoms with Crippen molar-refractivity contribution in [3.63, 3.8) is 0 Å². The molecule has 3 heterocycles. The van der Waals surface area contributed by atoms with Gasteiger partial charge in [-0.05, 0) is 43.5 Å². The number of nitrogens with zero attached hydrogens (tertiary/aromatic N) is 4. The topological polar surface area (TPSA) is 108 Å². The smallest absolute Gasteiger partial charge is 0.261 e. The van der Waals surface area contributed by atoms with Crippen LogP contribution in [-0.2, 0) is 14.4 Å². The van der Waals surface area contributed by atoms with E-state index in [4.69, 9.17) is 4.74 Å². The van der Waals surface area contributed by atoms with E-state index in [1.54, 1.807) is 23.1 Å². The van der Waals surface area contributed by atoms with Gasteiger partial charge in [0.25, 0.3) is 5.91 Å². The van der Waals surface area contributed by atoms with Gasteiger partial charge in [0, 0.05) is 24.9 Å². The number of hydrogen-bond acceptors (Lipinski definition) is 6. The van der Waals surface area contributed by atoms with Gasteiger partial charge in [-0.3, -0.25) is 24.4 Å². The van der Waals surface area contributed by atoms with E-state index in [0.717, 1.165) is 19.3 Å². The number of para-hydroxylation sites is 1. The molecule has 3 aromatic rings. The quantitative estimate of drug-likeness (QED) is 0.567. The minimum Gasteiger partial charge on any atom is -0.484 e. The van der Waals surface area contributed by atoms with Gasteiger partial charge in [-0.15, -0.1) is 0 Å². The van der Waals surface area contributed by atoms with Crippen LogP contribution in [0.2, 0.25) is 0 Å². The van der Waals surface area contributed by atoms with Crippen LogP contribution in [0.15, 0.2) is 54.6 Å². The van der Waals surface area contributed by atoms with Crippen LogP contribution in [0.5, 0.6) is 5.75 Å². The van der Waals surface area contributed by atoms with Gasteiger partial charge in [-0.25, -0.2) is 4.98 Å². The lowest BCUT2D eigenvalue weighted by molar-refractivity contribution is -0.137. The number of amides is 3. The van der Waals surface area contributed by atoms with E-state index in [2.05, 4.69) is 15.2 Å². The van der Waals surface area contributed by atoms with Crippen molar-refractivity contribution in [1.29, 1.82) is 0 Å². The van der Waals surface area contributed by atoms with Crippen LogP contribution in [0, 0.1) is 0 Å². The van der Waals surface area contributed by atoms with Crippen LogP contribution in [0.4, 0.5) is 5.69 Å². The van der Waals surface area contributed by atoms with Gasteiger partial charge in [-0.2, -0.15) is 5.10 Å². The second kappa shape index (κ2) is 9.46. The van der Waals surface area contributed by atoms with Gasteiger partial charge < -0.3 is 9.64 Å². The maximum atomic E-state index is 13.0. The second-order valence-electron chi connectivity index (χ2n) is 8.42. The van der Waals surface area contributed by atoms with Gasteiger partial charge in [0.1, 0.15) is 11.6 Å². The van der Waals surface area contributed by atoms with E-state index in [-0.39, 0.29) is 43.2 Å². The summed E-state index contributed by atoms with van der Waals surface area (Å²) in [7, 11) is 0. The SMILES string of the molecule is O=C1CCC(=O)N1c1cccc(-c2n[nH]c(C3CCCCN3C(=O)COc3ccccc3)n2)c1. The Bertz CT molecular complexity index is 1190. The number of piperidine rings is 1. The minimum absolute atomic E-state index is 0.0402. The highest BCUT2D eigenvalue weighted by atomic mass is 16.5. The summed E-state index contributed by atoms with van der Waals surface area (Å²) >= 11 is 0. The molecule has 0 radical (unpaired) electrons. The predicted octanol–water partition coefficient (Wildman–Crippen LogP) is 3.26. The number of hydrogen-bond donors (Lipinski definition) is 1. The van der Waals surface area contributed by atoms with Gasteiger partial charge in [0.2, 0.25) is 11.8 Å². The number of benzene rings is 2. The number of aromatic amines is 1. The Morgan fingerprint density at radius 1 is 1.03 bits per heavy atom. The molecule has 1 aromatic heterocycles. The minimum atomic E-state index is -0.216.